The molecule has 0 amide bonds. The van der Waals surface area contributed by atoms with Crippen LogP contribution < -0.4 is 10.6 Å². The Kier molecular flexibility index (Phi) is 7.94. The number of hydrogen-bond donors (Lipinski definition) is 2. The summed E-state index contributed by atoms with van der Waals surface area (Å²) in [6.45, 7) is 4.41. The number of thiazole rings is 1. The Hall–Kier alpha value is -3.79. The quantitative estimate of drug-likeness (QED) is 0.416. The number of guanidine groups is 1. The van der Waals surface area contributed by atoms with Crippen molar-refractivity contribution in [2.45, 2.75) is 39.4 Å². The van der Waals surface area contributed by atoms with Crippen LogP contribution >= 0.6 is 11.3 Å². The smallest absolute Gasteiger partial charge is 0.326 e. The predicted octanol–water partition coefficient (Wildman–Crippen LogP) is 6.41. The normalized spacial score (nSPS) is 17.2. The highest BCUT2D eigenvalue weighted by molar-refractivity contribution is 7.15. The topological polar surface area (TPSA) is 74.6 Å². The minimum absolute atomic E-state index is 0.442. The minimum Gasteiger partial charge on any atom is -0.326 e. The lowest BCUT2D eigenvalue weighted by molar-refractivity contribution is -0.137. The second-order valence-corrected chi connectivity index (χ2v) is 9.45. The van der Waals surface area contributed by atoms with E-state index < -0.39 is 11.7 Å². The second kappa shape index (κ2) is 11.3. The molecule has 3 aromatic rings. The van der Waals surface area contributed by atoms with E-state index in [-0.39, 0.29) is 0 Å². The van der Waals surface area contributed by atoms with Crippen LogP contribution in [0.2, 0.25) is 0 Å². The Labute approximate surface area is 211 Å². The van der Waals surface area contributed by atoms with Gasteiger partial charge in [0.05, 0.1) is 12.1 Å². The second-order valence-electron chi connectivity index (χ2n) is 8.24. The molecule has 0 radical (unpaired) electrons. The van der Waals surface area contributed by atoms with Crippen LogP contribution in [0.1, 0.15) is 41.3 Å². The number of hydrogen-bond acceptors (Lipinski definition) is 5. The first-order valence-electron chi connectivity index (χ1n) is 11.3. The van der Waals surface area contributed by atoms with Crippen LogP contribution in [0.5, 0.6) is 0 Å². The van der Waals surface area contributed by atoms with Crippen LogP contribution in [0.4, 0.5) is 18.3 Å². The third-order valence-electron chi connectivity index (χ3n) is 5.36. The summed E-state index contributed by atoms with van der Waals surface area (Å²) in [5, 5.41) is 7.15. The summed E-state index contributed by atoms with van der Waals surface area (Å²) in [6, 6.07) is 9.07. The highest BCUT2D eigenvalue weighted by Crippen LogP contribution is 2.30. The Morgan fingerprint density at radius 3 is 2.64 bits per heavy atom. The van der Waals surface area contributed by atoms with Crippen molar-refractivity contribution in [3.63, 3.8) is 0 Å². The molecule has 10 heteroatoms. The number of nitrogens with zero attached hydrogens (tertiary/aromatic N) is 4. The van der Waals surface area contributed by atoms with Crippen molar-refractivity contribution >= 4 is 34.3 Å². The van der Waals surface area contributed by atoms with Crippen molar-refractivity contribution in [2.24, 2.45) is 9.98 Å². The first-order chi connectivity index (χ1) is 17.3. The number of pyridine rings is 1. The van der Waals surface area contributed by atoms with Crippen molar-refractivity contribution in [1.29, 1.82) is 0 Å². The van der Waals surface area contributed by atoms with E-state index >= 15 is 0 Å². The summed E-state index contributed by atoms with van der Waals surface area (Å²) in [7, 11) is 0. The largest absolute Gasteiger partial charge is 0.416 e. The Balaban J connectivity index is 1.62. The van der Waals surface area contributed by atoms with Crippen LogP contribution in [0.25, 0.3) is 6.08 Å². The number of nitrogens with one attached hydrogen (secondary N) is 2. The van der Waals surface area contributed by atoms with Crippen molar-refractivity contribution in [2.75, 3.05) is 0 Å². The molecule has 186 valence electrons. The van der Waals surface area contributed by atoms with E-state index in [1.165, 1.54) is 17.4 Å². The van der Waals surface area contributed by atoms with Gasteiger partial charge in [-0.25, -0.2) is 4.98 Å². The van der Waals surface area contributed by atoms with Gasteiger partial charge in [0.1, 0.15) is 5.84 Å². The molecule has 0 fully saturated rings. The summed E-state index contributed by atoms with van der Waals surface area (Å²) in [6.07, 6.45) is 5.64. The van der Waals surface area contributed by atoms with Gasteiger partial charge >= 0.3 is 6.18 Å². The number of amidine groups is 1. The maximum atomic E-state index is 13.1. The molecule has 2 aromatic heterocycles. The molecule has 0 unspecified atom stereocenters. The summed E-state index contributed by atoms with van der Waals surface area (Å²) in [4.78, 5) is 18.8. The van der Waals surface area contributed by atoms with Crippen molar-refractivity contribution in [3.8, 4) is 0 Å². The number of alkyl halides is 3. The number of halogens is 3. The van der Waals surface area contributed by atoms with E-state index in [0.29, 0.717) is 36.0 Å². The first kappa shape index (κ1) is 25.3. The molecule has 0 atom stereocenters. The molecular formula is C26H25F3N6S. The maximum Gasteiger partial charge on any atom is 0.416 e. The summed E-state index contributed by atoms with van der Waals surface area (Å²) in [5.74, 6) is 1.20. The lowest BCUT2D eigenvalue weighted by Crippen LogP contribution is -2.42. The number of benzene rings is 1. The van der Waals surface area contributed by atoms with Crippen molar-refractivity contribution in [1.82, 2.24) is 20.6 Å². The van der Waals surface area contributed by atoms with Crippen LogP contribution in [-0.4, -0.2) is 21.8 Å². The average molecular weight is 511 g/mol. The lowest BCUT2D eigenvalue weighted by atomic mass is 10.1. The molecular weight excluding hydrogens is 485 g/mol. The highest BCUT2D eigenvalue weighted by Gasteiger charge is 2.30. The first-order valence-corrected chi connectivity index (χ1v) is 12.1. The van der Waals surface area contributed by atoms with Crippen LogP contribution in [-0.2, 0) is 12.7 Å². The molecule has 1 aromatic carbocycles. The van der Waals surface area contributed by atoms with Crippen LogP contribution in [0.15, 0.2) is 82.3 Å². The summed E-state index contributed by atoms with van der Waals surface area (Å²) < 4.78 is 39.3. The minimum atomic E-state index is -4.39. The SMILES string of the molecule is CC1=C(/C=C/c2cccc(C(F)(F)F)c2)NC(=Nc2ncc(C)s2)NC(=NCc2cccnc2)CC1. The van der Waals surface area contributed by atoms with Crippen LogP contribution in [0.3, 0.4) is 0 Å². The zero-order valence-corrected chi connectivity index (χ0v) is 20.6. The zero-order chi connectivity index (χ0) is 25.5. The highest BCUT2D eigenvalue weighted by atomic mass is 32.1. The van der Waals surface area contributed by atoms with E-state index in [1.54, 1.807) is 36.8 Å². The lowest BCUT2D eigenvalue weighted by Gasteiger charge is -2.20. The van der Waals surface area contributed by atoms with Gasteiger partial charge in [0.25, 0.3) is 0 Å². The number of aryl methyl sites for hydroxylation is 1. The van der Waals surface area contributed by atoms with Gasteiger partial charge in [-0.15, -0.1) is 11.3 Å². The standard InChI is InChI=1S/C26H25F3N6S/c1-17-8-11-23(31-16-20-6-4-12-30-15-20)34-24(35-25-32-14-18(2)36-25)33-22(17)10-9-19-5-3-7-21(13-19)26(27,28)29/h3-7,9-10,12-15H,8,11,16H2,1-2H3,(H2,31,32,33,34,35)/b10-9+,22-17?. The van der Waals surface area contributed by atoms with Crippen LogP contribution in [0, 0.1) is 6.92 Å². The van der Waals surface area contributed by atoms with Crippen molar-refractivity contribution in [3.05, 3.63) is 93.9 Å². The fraction of sp³-hybridized carbons (Fsp3) is 0.231. The Morgan fingerprint density at radius 1 is 1.06 bits per heavy atom. The monoisotopic (exact) mass is 510 g/mol. The molecule has 2 N–H and O–H groups in total. The molecule has 0 saturated carbocycles. The fourth-order valence-electron chi connectivity index (χ4n) is 3.43. The molecule has 0 bridgehead atoms. The Bertz CT molecular complexity index is 1320. The van der Waals surface area contributed by atoms with E-state index in [9.17, 15) is 13.2 Å². The van der Waals surface area contributed by atoms with E-state index in [0.717, 1.165) is 39.7 Å². The number of rotatable bonds is 5. The fourth-order valence-corrected chi connectivity index (χ4v) is 4.07. The summed E-state index contributed by atoms with van der Waals surface area (Å²) >= 11 is 1.45. The molecule has 1 aliphatic heterocycles. The number of allylic oxidation sites excluding steroid dienone is 2. The van der Waals surface area contributed by atoms with E-state index in [4.69, 9.17) is 4.99 Å². The summed E-state index contributed by atoms with van der Waals surface area (Å²) in [5.41, 5.74) is 2.54. The molecule has 6 nitrogen and oxygen atoms in total. The Morgan fingerprint density at radius 2 is 1.92 bits per heavy atom. The number of aromatic nitrogens is 2. The van der Waals surface area contributed by atoms with Gasteiger partial charge in [-0.3, -0.25) is 9.98 Å². The molecule has 0 aliphatic carbocycles. The average Bonchev–Trinajstić information content (AvgIpc) is 3.26. The van der Waals surface area contributed by atoms with Crippen molar-refractivity contribution < 1.29 is 13.2 Å². The van der Waals surface area contributed by atoms with E-state index in [1.807, 2.05) is 26.0 Å². The van der Waals surface area contributed by atoms with Gasteiger partial charge in [-0.05, 0) is 61.2 Å². The predicted molar refractivity (Wildman–Crippen MR) is 138 cm³/mol. The van der Waals surface area contributed by atoms with Gasteiger partial charge in [-0.1, -0.05) is 24.3 Å². The van der Waals surface area contributed by atoms with Gasteiger partial charge in [-0.2, -0.15) is 18.2 Å². The van der Waals surface area contributed by atoms with Gasteiger partial charge < -0.3 is 10.6 Å². The maximum absolute atomic E-state index is 13.1. The third-order valence-corrected chi connectivity index (χ3v) is 6.17. The molecule has 4 rings (SSSR count). The molecule has 1 aliphatic rings. The zero-order valence-electron chi connectivity index (χ0n) is 19.8. The molecule has 0 spiro atoms. The number of aliphatic imine (C=N–C) groups is 2. The molecule has 36 heavy (non-hydrogen) atoms. The third kappa shape index (κ3) is 7.11. The molecule has 3 heterocycles. The van der Waals surface area contributed by atoms with Gasteiger partial charge in [0.15, 0.2) is 0 Å². The van der Waals surface area contributed by atoms with Gasteiger partial charge in [0.2, 0.25) is 11.1 Å². The van der Waals surface area contributed by atoms with E-state index in [2.05, 4.69) is 25.6 Å². The van der Waals surface area contributed by atoms with Gasteiger partial charge in [0, 0.05) is 35.6 Å². The molecule has 0 saturated heterocycles.